The Morgan fingerprint density at radius 3 is 2.48 bits per heavy atom. The van der Waals surface area contributed by atoms with E-state index in [-0.39, 0.29) is 11.3 Å². The second kappa shape index (κ2) is 8.83. The highest BCUT2D eigenvalue weighted by atomic mass is 35.5. The van der Waals surface area contributed by atoms with E-state index in [1.54, 1.807) is 25.1 Å². The lowest BCUT2D eigenvalue weighted by molar-refractivity contribution is -0.384. The Kier molecular flexibility index (Phi) is 6.76. The molecule has 1 amide bonds. The molecule has 27 heavy (non-hydrogen) atoms. The number of hydrogen-bond acceptors (Lipinski definition) is 5. The van der Waals surface area contributed by atoms with Crippen molar-refractivity contribution >= 4 is 40.8 Å². The molecule has 0 heterocycles. The zero-order valence-corrected chi connectivity index (χ0v) is 16.0. The van der Waals surface area contributed by atoms with Crippen LogP contribution in [0.3, 0.4) is 0 Å². The quantitative estimate of drug-likeness (QED) is 0.434. The number of halogens is 2. The summed E-state index contributed by atoms with van der Waals surface area (Å²) in [4.78, 5) is 34.6. The number of nitrogens with one attached hydrogen (secondary N) is 1. The number of nitro groups is 1. The van der Waals surface area contributed by atoms with E-state index in [0.717, 1.165) is 6.07 Å². The molecule has 9 heteroatoms. The minimum absolute atomic E-state index is 0.0161. The van der Waals surface area contributed by atoms with Crippen LogP contribution in [0.1, 0.15) is 35.8 Å². The molecular formula is C18H16Cl2N2O5. The third-order valence-electron chi connectivity index (χ3n) is 3.73. The Morgan fingerprint density at radius 1 is 1.15 bits per heavy atom. The van der Waals surface area contributed by atoms with E-state index in [4.69, 9.17) is 27.9 Å². The van der Waals surface area contributed by atoms with Crippen molar-refractivity contribution in [3.8, 4) is 0 Å². The zero-order chi connectivity index (χ0) is 20.1. The fourth-order valence-electron chi connectivity index (χ4n) is 2.29. The van der Waals surface area contributed by atoms with Gasteiger partial charge in [0, 0.05) is 22.2 Å². The smallest absolute Gasteiger partial charge is 0.339 e. The van der Waals surface area contributed by atoms with Gasteiger partial charge in [-0.3, -0.25) is 14.9 Å². The molecule has 2 rings (SSSR count). The van der Waals surface area contributed by atoms with E-state index in [0.29, 0.717) is 15.6 Å². The molecule has 0 radical (unpaired) electrons. The van der Waals surface area contributed by atoms with Crippen LogP contribution in [0.2, 0.25) is 10.0 Å². The first-order valence-electron chi connectivity index (χ1n) is 7.89. The highest BCUT2D eigenvalue weighted by molar-refractivity contribution is 6.35. The third-order valence-corrected chi connectivity index (χ3v) is 4.30. The highest BCUT2D eigenvalue weighted by Gasteiger charge is 2.22. The molecule has 0 unspecified atom stereocenters. The molecule has 1 N–H and O–H groups in total. The number of non-ortho nitro benzene ring substituents is 1. The van der Waals surface area contributed by atoms with Gasteiger partial charge in [-0.2, -0.15) is 0 Å². The average molecular weight is 411 g/mol. The van der Waals surface area contributed by atoms with E-state index < -0.39 is 28.9 Å². The highest BCUT2D eigenvalue weighted by Crippen LogP contribution is 2.26. The standard InChI is InChI=1S/C18H16Cl2N2O5/c1-10(15-7-6-13(19)9-16(15)20)21-17(23)11(2)27-18(24)12-4-3-5-14(8-12)22(25)26/h3-11H,1-2H3,(H,21,23)/t10-,11+/m0/s1. The first kappa shape index (κ1) is 20.7. The van der Waals surface area contributed by atoms with Crippen LogP contribution in [0, 0.1) is 10.1 Å². The Bertz CT molecular complexity index is 888. The van der Waals surface area contributed by atoms with Crippen molar-refractivity contribution in [2.75, 3.05) is 0 Å². The molecule has 2 aromatic carbocycles. The Balaban J connectivity index is 2.01. The molecule has 0 saturated heterocycles. The monoisotopic (exact) mass is 410 g/mol. The number of hydrogen-bond donors (Lipinski definition) is 1. The summed E-state index contributed by atoms with van der Waals surface area (Å²) in [5.74, 6) is -1.37. The summed E-state index contributed by atoms with van der Waals surface area (Å²) in [7, 11) is 0. The van der Waals surface area contributed by atoms with Crippen molar-refractivity contribution in [3.63, 3.8) is 0 Å². The van der Waals surface area contributed by atoms with Gasteiger partial charge < -0.3 is 10.1 Å². The van der Waals surface area contributed by atoms with Crippen molar-refractivity contribution in [3.05, 3.63) is 73.8 Å². The normalized spacial score (nSPS) is 12.7. The van der Waals surface area contributed by atoms with Gasteiger partial charge in [0.25, 0.3) is 11.6 Å². The molecule has 7 nitrogen and oxygen atoms in total. The molecule has 0 spiro atoms. The van der Waals surface area contributed by atoms with Crippen molar-refractivity contribution in [1.29, 1.82) is 0 Å². The largest absolute Gasteiger partial charge is 0.449 e. The zero-order valence-electron chi connectivity index (χ0n) is 14.4. The van der Waals surface area contributed by atoms with Crippen molar-refractivity contribution < 1.29 is 19.2 Å². The van der Waals surface area contributed by atoms with E-state index >= 15 is 0 Å². The SMILES string of the molecule is C[C@H](NC(=O)[C@@H](C)OC(=O)c1cccc([N+](=O)[O-])c1)c1ccc(Cl)cc1Cl. The predicted molar refractivity (Wildman–Crippen MR) is 101 cm³/mol. The summed E-state index contributed by atoms with van der Waals surface area (Å²) in [6, 6.07) is 9.54. The molecule has 0 aliphatic heterocycles. The van der Waals surface area contributed by atoms with Gasteiger partial charge >= 0.3 is 5.97 Å². The number of nitrogens with zero attached hydrogens (tertiary/aromatic N) is 1. The fraction of sp³-hybridized carbons (Fsp3) is 0.222. The van der Waals surface area contributed by atoms with Crippen molar-refractivity contribution in [2.45, 2.75) is 26.0 Å². The van der Waals surface area contributed by atoms with E-state index in [1.165, 1.54) is 25.1 Å². The third kappa shape index (κ3) is 5.42. The maximum absolute atomic E-state index is 12.3. The van der Waals surface area contributed by atoms with Crippen LogP contribution in [0.25, 0.3) is 0 Å². The van der Waals surface area contributed by atoms with Crippen LogP contribution in [-0.2, 0) is 9.53 Å². The minimum atomic E-state index is -1.11. The number of rotatable bonds is 6. The number of nitro benzene ring substituents is 1. The van der Waals surface area contributed by atoms with E-state index in [9.17, 15) is 19.7 Å². The van der Waals surface area contributed by atoms with Crippen LogP contribution in [0.5, 0.6) is 0 Å². The lowest BCUT2D eigenvalue weighted by atomic mass is 10.1. The lowest BCUT2D eigenvalue weighted by Gasteiger charge is -2.19. The van der Waals surface area contributed by atoms with Gasteiger partial charge in [0.1, 0.15) is 0 Å². The predicted octanol–water partition coefficient (Wildman–Crippen LogP) is 4.32. The molecule has 0 bridgehead atoms. The second-order valence-electron chi connectivity index (χ2n) is 5.75. The molecular weight excluding hydrogens is 395 g/mol. The topological polar surface area (TPSA) is 98.5 Å². The average Bonchev–Trinajstić information content (AvgIpc) is 2.61. The summed E-state index contributed by atoms with van der Waals surface area (Å²) >= 11 is 12.0. The summed E-state index contributed by atoms with van der Waals surface area (Å²) in [6.07, 6.45) is -1.11. The lowest BCUT2D eigenvalue weighted by Crippen LogP contribution is -2.37. The van der Waals surface area contributed by atoms with Crippen LogP contribution in [0.15, 0.2) is 42.5 Å². The summed E-state index contributed by atoms with van der Waals surface area (Å²) < 4.78 is 5.09. The maximum atomic E-state index is 12.3. The molecule has 2 aromatic rings. The van der Waals surface area contributed by atoms with Crippen molar-refractivity contribution in [2.24, 2.45) is 0 Å². The summed E-state index contributed by atoms with van der Waals surface area (Å²) in [5.41, 5.74) is 0.400. The fourth-order valence-corrected chi connectivity index (χ4v) is 2.86. The molecule has 2 atom stereocenters. The van der Waals surface area contributed by atoms with Gasteiger partial charge in [-0.15, -0.1) is 0 Å². The Labute approximate surface area is 165 Å². The van der Waals surface area contributed by atoms with Crippen LogP contribution < -0.4 is 5.32 Å². The van der Waals surface area contributed by atoms with Gasteiger partial charge in [0.05, 0.1) is 16.5 Å². The van der Waals surface area contributed by atoms with Crippen molar-refractivity contribution in [1.82, 2.24) is 5.32 Å². The number of benzene rings is 2. The van der Waals surface area contributed by atoms with Gasteiger partial charge in [-0.25, -0.2) is 4.79 Å². The minimum Gasteiger partial charge on any atom is -0.449 e. The molecule has 0 aliphatic rings. The number of ether oxygens (including phenoxy) is 1. The number of esters is 1. The molecule has 0 fully saturated rings. The van der Waals surface area contributed by atoms with Gasteiger partial charge in [-0.1, -0.05) is 35.3 Å². The number of amides is 1. The van der Waals surface area contributed by atoms with Crippen LogP contribution in [0.4, 0.5) is 5.69 Å². The van der Waals surface area contributed by atoms with Gasteiger partial charge in [0.2, 0.25) is 0 Å². The molecule has 0 aromatic heterocycles. The Hall–Kier alpha value is -2.64. The second-order valence-corrected chi connectivity index (χ2v) is 6.59. The first-order valence-corrected chi connectivity index (χ1v) is 8.65. The molecule has 0 saturated carbocycles. The van der Waals surface area contributed by atoms with Crippen LogP contribution >= 0.6 is 23.2 Å². The first-order chi connectivity index (χ1) is 12.7. The van der Waals surface area contributed by atoms with E-state index in [2.05, 4.69) is 5.32 Å². The number of carbonyl (C=O) groups excluding carboxylic acids is 2. The number of carbonyl (C=O) groups is 2. The van der Waals surface area contributed by atoms with Gasteiger partial charge in [-0.05, 0) is 37.6 Å². The molecule has 0 aliphatic carbocycles. The van der Waals surface area contributed by atoms with E-state index in [1.807, 2.05) is 0 Å². The summed E-state index contributed by atoms with van der Waals surface area (Å²) in [6.45, 7) is 3.13. The Morgan fingerprint density at radius 2 is 1.85 bits per heavy atom. The summed E-state index contributed by atoms with van der Waals surface area (Å²) in [5, 5.41) is 14.3. The maximum Gasteiger partial charge on any atom is 0.339 e. The molecule has 142 valence electrons. The van der Waals surface area contributed by atoms with Gasteiger partial charge in [0.15, 0.2) is 6.10 Å². The van der Waals surface area contributed by atoms with Crippen LogP contribution in [-0.4, -0.2) is 22.9 Å².